The molecule has 1 N–H and O–H groups in total. The third kappa shape index (κ3) is 4.76. The topological polar surface area (TPSA) is 73.4 Å². The first-order valence-electron chi connectivity index (χ1n) is 9.88. The molecular weight excluding hydrogens is 428 g/mol. The molecule has 0 bridgehead atoms. The number of halogens is 1. The minimum absolute atomic E-state index is 0.256. The van der Waals surface area contributed by atoms with Gasteiger partial charge in [0.25, 0.3) is 5.56 Å². The molecule has 32 heavy (non-hydrogen) atoms. The number of benzene rings is 3. The van der Waals surface area contributed by atoms with Crippen LogP contribution in [0.5, 0.6) is 17.2 Å². The first-order chi connectivity index (χ1) is 15.6. The molecule has 0 aliphatic carbocycles. The van der Waals surface area contributed by atoms with Crippen molar-refractivity contribution in [3.63, 3.8) is 0 Å². The van der Waals surface area contributed by atoms with Crippen LogP contribution in [0, 0.1) is 0 Å². The van der Waals surface area contributed by atoms with E-state index in [1.54, 1.807) is 18.2 Å². The van der Waals surface area contributed by atoms with Gasteiger partial charge >= 0.3 is 0 Å². The van der Waals surface area contributed by atoms with Gasteiger partial charge in [0.2, 0.25) is 0 Å². The maximum absolute atomic E-state index is 12.6. The van der Waals surface area contributed by atoms with Crippen LogP contribution in [0.15, 0.2) is 71.5 Å². The largest absolute Gasteiger partial charge is 0.493 e. The van der Waals surface area contributed by atoms with E-state index in [-0.39, 0.29) is 11.4 Å². The van der Waals surface area contributed by atoms with E-state index in [1.165, 1.54) is 14.2 Å². The molecule has 3 aromatic carbocycles. The van der Waals surface area contributed by atoms with E-state index in [1.807, 2.05) is 54.6 Å². The van der Waals surface area contributed by atoms with E-state index in [4.69, 9.17) is 25.8 Å². The van der Waals surface area contributed by atoms with E-state index in [0.717, 1.165) is 11.1 Å². The number of nitrogens with zero attached hydrogens (tertiary/aromatic N) is 1. The fraction of sp³-hybridized carbons (Fsp3) is 0.120. The maximum Gasteiger partial charge on any atom is 0.259 e. The Bertz CT molecular complexity index is 1330. The Morgan fingerprint density at radius 3 is 2.50 bits per heavy atom. The lowest BCUT2D eigenvalue weighted by Crippen LogP contribution is -2.11. The molecule has 0 aliphatic rings. The van der Waals surface area contributed by atoms with Crippen LogP contribution in [0.25, 0.3) is 22.0 Å². The summed E-state index contributed by atoms with van der Waals surface area (Å²) in [6.45, 7) is 0.465. The van der Waals surface area contributed by atoms with Crippen LogP contribution < -0.4 is 19.8 Å². The molecule has 0 unspecified atom stereocenters. The van der Waals surface area contributed by atoms with Crippen molar-refractivity contribution in [2.24, 2.45) is 0 Å². The monoisotopic (exact) mass is 448 g/mol. The minimum Gasteiger partial charge on any atom is -0.493 e. The van der Waals surface area contributed by atoms with Crippen molar-refractivity contribution < 1.29 is 14.2 Å². The van der Waals surface area contributed by atoms with Crippen molar-refractivity contribution in [2.75, 3.05) is 14.2 Å². The van der Waals surface area contributed by atoms with Crippen LogP contribution in [0.2, 0.25) is 0 Å². The zero-order valence-corrected chi connectivity index (χ0v) is 18.3. The molecule has 6 nitrogen and oxygen atoms in total. The number of H-pyrrole nitrogens is 1. The minimum atomic E-state index is -0.322. The van der Waals surface area contributed by atoms with E-state index in [0.29, 0.717) is 39.8 Å². The van der Waals surface area contributed by atoms with Crippen LogP contribution in [0.4, 0.5) is 0 Å². The summed E-state index contributed by atoms with van der Waals surface area (Å²) in [5.74, 6) is 1.90. The quantitative estimate of drug-likeness (QED) is 0.417. The highest BCUT2D eigenvalue weighted by Gasteiger charge is 2.12. The third-order valence-corrected chi connectivity index (χ3v) is 5.12. The average molecular weight is 449 g/mol. The fourth-order valence-electron chi connectivity index (χ4n) is 3.23. The van der Waals surface area contributed by atoms with Crippen molar-refractivity contribution >= 4 is 33.6 Å². The number of hydrogen-bond acceptors (Lipinski definition) is 5. The van der Waals surface area contributed by atoms with Crippen molar-refractivity contribution in [1.29, 1.82) is 0 Å². The number of methoxy groups -OCH3 is 2. The lowest BCUT2D eigenvalue weighted by Gasteiger charge is -2.09. The molecule has 0 amide bonds. The van der Waals surface area contributed by atoms with Gasteiger partial charge in [-0.15, -0.1) is 0 Å². The molecule has 0 spiro atoms. The van der Waals surface area contributed by atoms with Gasteiger partial charge < -0.3 is 19.2 Å². The Morgan fingerprint density at radius 1 is 1.00 bits per heavy atom. The number of aromatic nitrogens is 2. The number of hydrogen-bond donors (Lipinski definition) is 1. The van der Waals surface area contributed by atoms with Crippen LogP contribution in [-0.2, 0) is 6.61 Å². The second kappa shape index (κ2) is 9.58. The summed E-state index contributed by atoms with van der Waals surface area (Å²) in [4.78, 5) is 19.8. The molecule has 7 heteroatoms. The van der Waals surface area contributed by atoms with Gasteiger partial charge in [0, 0.05) is 6.07 Å². The zero-order chi connectivity index (χ0) is 22.5. The van der Waals surface area contributed by atoms with E-state index in [9.17, 15) is 4.79 Å². The maximum atomic E-state index is 12.6. The lowest BCUT2D eigenvalue weighted by atomic mass is 10.2. The molecule has 162 valence electrons. The third-order valence-electron chi connectivity index (χ3n) is 4.84. The fourth-order valence-corrected chi connectivity index (χ4v) is 3.44. The predicted molar refractivity (Wildman–Crippen MR) is 126 cm³/mol. The van der Waals surface area contributed by atoms with Gasteiger partial charge in [-0.25, -0.2) is 4.98 Å². The van der Waals surface area contributed by atoms with Gasteiger partial charge in [0.15, 0.2) is 17.3 Å². The van der Waals surface area contributed by atoms with Gasteiger partial charge in [-0.05, 0) is 35.4 Å². The molecule has 0 saturated heterocycles. The molecule has 1 heterocycles. The van der Waals surface area contributed by atoms with Crippen molar-refractivity contribution in [3.05, 3.63) is 94.0 Å². The Labute approximate surface area is 190 Å². The summed E-state index contributed by atoms with van der Waals surface area (Å²) in [6.07, 6.45) is 1.72. The molecule has 4 rings (SSSR count). The molecule has 0 radical (unpaired) electrons. The summed E-state index contributed by atoms with van der Waals surface area (Å²) in [7, 11) is 3.04. The average Bonchev–Trinajstić information content (AvgIpc) is 2.82. The number of ether oxygens (including phenoxy) is 3. The molecular formula is C25H21ClN2O4. The number of fused-ring (bicyclic) bond motifs is 1. The highest BCUT2D eigenvalue weighted by atomic mass is 35.5. The SMILES string of the molecule is COc1cc2nc(/C(Cl)=C/c3cccc(OCc4ccccc4)c3)[nH]c(=O)c2cc1OC. The molecule has 4 aromatic rings. The van der Waals surface area contributed by atoms with Crippen LogP contribution >= 0.6 is 11.6 Å². The van der Waals surface area contributed by atoms with Gasteiger partial charge in [-0.1, -0.05) is 54.1 Å². The van der Waals surface area contributed by atoms with Gasteiger partial charge in [-0.2, -0.15) is 0 Å². The van der Waals surface area contributed by atoms with Gasteiger partial charge in [-0.3, -0.25) is 4.79 Å². The summed E-state index contributed by atoms with van der Waals surface area (Å²) >= 11 is 6.50. The second-order valence-corrected chi connectivity index (χ2v) is 7.39. The van der Waals surface area contributed by atoms with Crippen molar-refractivity contribution in [3.8, 4) is 17.2 Å². The smallest absolute Gasteiger partial charge is 0.259 e. The van der Waals surface area contributed by atoms with E-state index in [2.05, 4.69) is 9.97 Å². The lowest BCUT2D eigenvalue weighted by molar-refractivity contribution is 0.306. The van der Waals surface area contributed by atoms with Crippen LogP contribution in [-0.4, -0.2) is 24.2 Å². The molecule has 0 atom stereocenters. The summed E-state index contributed by atoms with van der Waals surface area (Å²) in [5, 5.41) is 0.672. The summed E-state index contributed by atoms with van der Waals surface area (Å²) in [5.41, 5.74) is 2.03. The van der Waals surface area contributed by atoms with Crippen LogP contribution in [0.3, 0.4) is 0 Å². The summed E-state index contributed by atoms with van der Waals surface area (Å²) in [6, 6.07) is 20.7. The van der Waals surface area contributed by atoms with Crippen molar-refractivity contribution in [1.82, 2.24) is 9.97 Å². The molecule has 0 fully saturated rings. The van der Waals surface area contributed by atoms with Crippen LogP contribution in [0.1, 0.15) is 17.0 Å². The first kappa shape index (κ1) is 21.5. The molecule has 0 saturated carbocycles. The molecule has 0 aliphatic heterocycles. The Kier molecular flexibility index (Phi) is 6.42. The predicted octanol–water partition coefficient (Wildman–Crippen LogP) is 5.26. The highest BCUT2D eigenvalue weighted by Crippen LogP contribution is 2.31. The number of aromatic amines is 1. The van der Waals surface area contributed by atoms with Crippen molar-refractivity contribution in [2.45, 2.75) is 6.61 Å². The second-order valence-electron chi connectivity index (χ2n) is 6.98. The number of rotatable bonds is 7. The van der Waals surface area contributed by atoms with Gasteiger partial charge in [0.1, 0.15) is 12.4 Å². The Morgan fingerprint density at radius 2 is 1.75 bits per heavy atom. The normalized spacial score (nSPS) is 11.4. The first-order valence-corrected chi connectivity index (χ1v) is 10.3. The zero-order valence-electron chi connectivity index (χ0n) is 17.6. The Balaban J connectivity index is 1.61. The standard InChI is InChI=1S/C25H21ClN2O4/c1-30-22-13-19-21(14-23(22)31-2)27-24(28-25(19)29)20(26)12-17-9-6-10-18(11-17)32-15-16-7-4-3-5-8-16/h3-14H,15H2,1-2H3,(H,27,28,29)/b20-12-. The van der Waals surface area contributed by atoms with E-state index < -0.39 is 0 Å². The van der Waals surface area contributed by atoms with E-state index >= 15 is 0 Å². The summed E-state index contributed by atoms with van der Waals surface area (Å²) < 4.78 is 16.4. The highest BCUT2D eigenvalue weighted by molar-refractivity contribution is 6.50. The molecule has 1 aromatic heterocycles. The van der Waals surface area contributed by atoms with Gasteiger partial charge in [0.05, 0.1) is 30.2 Å². The number of nitrogens with one attached hydrogen (secondary N) is 1. The Hall–Kier alpha value is -3.77.